The summed E-state index contributed by atoms with van der Waals surface area (Å²) in [5, 5.41) is 18.1. The molecule has 1 aromatic carbocycles. The van der Waals surface area contributed by atoms with E-state index in [0.717, 1.165) is 37.3 Å². The average Bonchev–Trinajstić information content (AvgIpc) is 3.41. The highest BCUT2D eigenvalue weighted by Gasteiger charge is 2.16. The lowest BCUT2D eigenvalue weighted by Crippen LogP contribution is -2.34. The van der Waals surface area contributed by atoms with Crippen molar-refractivity contribution >= 4 is 46.3 Å². The molecule has 2 heterocycles. The van der Waals surface area contributed by atoms with Crippen LogP contribution in [0.25, 0.3) is 11.8 Å². The number of benzene rings is 1. The van der Waals surface area contributed by atoms with Crippen LogP contribution >= 0.6 is 11.3 Å². The Kier molecular flexibility index (Phi) is 8.40. The van der Waals surface area contributed by atoms with E-state index in [9.17, 15) is 19.6 Å². The van der Waals surface area contributed by atoms with Crippen molar-refractivity contribution < 1.29 is 9.59 Å². The van der Waals surface area contributed by atoms with Crippen LogP contribution in [-0.4, -0.2) is 47.5 Å². The molecule has 2 aromatic rings. The van der Waals surface area contributed by atoms with Crippen molar-refractivity contribution in [2.24, 2.45) is 0 Å². The summed E-state index contributed by atoms with van der Waals surface area (Å²) in [7, 11) is 0. The van der Waals surface area contributed by atoms with Crippen molar-refractivity contribution in [1.29, 1.82) is 5.26 Å². The van der Waals surface area contributed by atoms with Crippen LogP contribution in [0.2, 0.25) is 0 Å². The minimum Gasteiger partial charge on any atom is -0.360 e. The van der Waals surface area contributed by atoms with Gasteiger partial charge in [0.05, 0.1) is 6.54 Å². The third kappa shape index (κ3) is 6.09. The Bertz CT molecular complexity index is 1230. The summed E-state index contributed by atoms with van der Waals surface area (Å²) in [6.07, 6.45) is 3.81. The minimum absolute atomic E-state index is 0.0586. The van der Waals surface area contributed by atoms with E-state index >= 15 is 0 Å². The Morgan fingerprint density at radius 3 is 2.61 bits per heavy atom. The Labute approximate surface area is 196 Å². The van der Waals surface area contributed by atoms with Gasteiger partial charge in [-0.15, -0.1) is 11.3 Å². The molecule has 1 aromatic heterocycles. The zero-order valence-electron chi connectivity index (χ0n) is 18.8. The summed E-state index contributed by atoms with van der Waals surface area (Å²) in [6.45, 7) is 6.55. The molecule has 33 heavy (non-hydrogen) atoms. The number of thiazole rings is 1. The third-order valence-electron chi connectivity index (χ3n) is 5.20. The number of nitrogens with zero attached hydrogens (tertiary/aromatic N) is 3. The summed E-state index contributed by atoms with van der Waals surface area (Å²) < 4.78 is 2.11. The molecular formula is C23H28N6O3S. The highest BCUT2D eigenvalue weighted by molar-refractivity contribution is 7.07. The van der Waals surface area contributed by atoms with Gasteiger partial charge in [0.1, 0.15) is 15.3 Å². The lowest BCUT2D eigenvalue weighted by molar-refractivity contribution is -0.117. The van der Waals surface area contributed by atoms with E-state index in [0.29, 0.717) is 40.2 Å². The molecule has 3 rings (SSSR count). The number of anilines is 2. The second-order valence-corrected chi connectivity index (χ2v) is 8.60. The molecule has 0 spiro atoms. The van der Waals surface area contributed by atoms with E-state index < -0.39 is 5.91 Å². The maximum absolute atomic E-state index is 12.8. The monoisotopic (exact) mass is 468 g/mol. The number of aromatic nitrogens is 1. The zero-order valence-corrected chi connectivity index (χ0v) is 19.6. The molecular weight excluding hydrogens is 440 g/mol. The third-order valence-corrected chi connectivity index (χ3v) is 6.33. The molecule has 3 N–H and O–H groups in total. The summed E-state index contributed by atoms with van der Waals surface area (Å²) >= 11 is 1.09. The van der Waals surface area contributed by atoms with E-state index in [-0.39, 0.29) is 17.0 Å². The number of carbonyl (C=O) groups excluding carboxylic acids is 2. The zero-order chi connectivity index (χ0) is 23.8. The van der Waals surface area contributed by atoms with Gasteiger partial charge in [-0.1, -0.05) is 6.07 Å². The van der Waals surface area contributed by atoms with Gasteiger partial charge in [-0.05, 0) is 58.0 Å². The number of hydrogen-bond acceptors (Lipinski definition) is 7. The van der Waals surface area contributed by atoms with Crippen LogP contribution in [0.15, 0.2) is 29.1 Å². The number of nitriles is 1. The fraction of sp³-hybridized carbons (Fsp3) is 0.391. The number of likely N-dealkylation sites (tertiary alicyclic amines) is 1. The van der Waals surface area contributed by atoms with Crippen molar-refractivity contribution in [3.05, 3.63) is 43.8 Å². The second-order valence-electron chi connectivity index (χ2n) is 7.57. The quantitative estimate of drug-likeness (QED) is 0.523. The van der Waals surface area contributed by atoms with Gasteiger partial charge in [-0.3, -0.25) is 23.9 Å². The Morgan fingerprint density at radius 2 is 1.94 bits per heavy atom. The van der Waals surface area contributed by atoms with Crippen molar-refractivity contribution in [1.82, 2.24) is 14.8 Å². The van der Waals surface area contributed by atoms with Crippen molar-refractivity contribution in [3.63, 3.8) is 0 Å². The van der Waals surface area contributed by atoms with E-state index in [4.69, 9.17) is 0 Å². The summed E-state index contributed by atoms with van der Waals surface area (Å²) in [5.74, 6) is -0.558. The topological polar surface area (TPSA) is 119 Å². The largest absolute Gasteiger partial charge is 0.360 e. The van der Waals surface area contributed by atoms with Crippen LogP contribution < -0.4 is 30.7 Å². The van der Waals surface area contributed by atoms with Gasteiger partial charge in [0.25, 0.3) is 11.5 Å². The fourth-order valence-corrected chi connectivity index (χ4v) is 4.70. The number of rotatable bonds is 8. The lowest BCUT2D eigenvalue weighted by Gasteiger charge is -2.14. The van der Waals surface area contributed by atoms with Gasteiger partial charge in [-0.25, -0.2) is 0 Å². The van der Waals surface area contributed by atoms with E-state index in [1.807, 2.05) is 18.2 Å². The number of amides is 2. The van der Waals surface area contributed by atoms with Crippen LogP contribution in [0.4, 0.5) is 11.4 Å². The second kappa shape index (κ2) is 11.4. The first-order valence-electron chi connectivity index (χ1n) is 11.0. The summed E-state index contributed by atoms with van der Waals surface area (Å²) in [6, 6.07) is 9.14. The van der Waals surface area contributed by atoms with Gasteiger partial charge in [0.15, 0.2) is 5.57 Å². The molecule has 0 radical (unpaired) electrons. The normalized spacial score (nSPS) is 15.1. The number of hydrogen-bond donors (Lipinski definition) is 3. The highest BCUT2D eigenvalue weighted by atomic mass is 32.1. The van der Waals surface area contributed by atoms with Gasteiger partial charge in [0.2, 0.25) is 5.91 Å². The van der Waals surface area contributed by atoms with Gasteiger partial charge in [0, 0.05) is 30.7 Å². The van der Waals surface area contributed by atoms with E-state index in [1.165, 1.54) is 4.57 Å². The Balaban J connectivity index is 1.82. The van der Waals surface area contributed by atoms with Crippen LogP contribution in [0.3, 0.4) is 0 Å². The molecule has 1 aliphatic rings. The molecule has 0 saturated carbocycles. The minimum atomic E-state index is -0.500. The predicted octanol–water partition coefficient (Wildman–Crippen LogP) is 0.624. The molecule has 0 aliphatic carbocycles. The Hall–Kier alpha value is -3.42. The maximum Gasteiger partial charge on any atom is 0.270 e. The predicted molar refractivity (Wildman–Crippen MR) is 130 cm³/mol. The van der Waals surface area contributed by atoms with Crippen LogP contribution in [0.5, 0.6) is 0 Å². The highest BCUT2D eigenvalue weighted by Crippen LogP contribution is 2.15. The molecule has 174 valence electrons. The Morgan fingerprint density at radius 1 is 1.21 bits per heavy atom. The average molecular weight is 469 g/mol. The molecule has 1 saturated heterocycles. The summed E-state index contributed by atoms with van der Waals surface area (Å²) in [5.41, 5.74) is 0.992. The molecule has 10 heteroatoms. The first kappa shape index (κ1) is 24.2. The van der Waals surface area contributed by atoms with E-state index in [2.05, 4.69) is 20.9 Å². The first-order chi connectivity index (χ1) is 16.0. The maximum atomic E-state index is 12.8. The number of nitrogens with one attached hydrogen (secondary N) is 3. The van der Waals surface area contributed by atoms with Crippen molar-refractivity contribution in [2.75, 3.05) is 36.8 Å². The molecule has 1 aliphatic heterocycles. The lowest BCUT2D eigenvalue weighted by atomic mass is 10.2. The standard InChI is InChI=1S/C23H28N6O3S/c1-3-25-21(31)18(13-24)23-29(4-2)22(32)19(33-23)14-26-16-8-7-9-17(12-16)27-20(30)15-28-10-5-6-11-28/h7-9,12,14,26H,3-6,10-11,15H2,1-2H3,(H,25,31)(H,27,30). The molecule has 9 nitrogen and oxygen atoms in total. The van der Waals surface area contributed by atoms with Crippen molar-refractivity contribution in [3.8, 4) is 6.07 Å². The SMILES string of the molecule is CCNC(=O)C(C#N)=c1sc(=CNc2cccc(NC(=O)CN3CCCC3)c2)c(=O)n1CC. The molecule has 2 amide bonds. The van der Waals surface area contributed by atoms with Crippen LogP contribution in [0.1, 0.15) is 26.7 Å². The van der Waals surface area contributed by atoms with Gasteiger partial charge < -0.3 is 16.0 Å². The molecule has 1 fully saturated rings. The van der Waals surface area contributed by atoms with Crippen LogP contribution in [0, 0.1) is 11.3 Å². The van der Waals surface area contributed by atoms with Gasteiger partial charge in [-0.2, -0.15) is 5.26 Å². The summed E-state index contributed by atoms with van der Waals surface area (Å²) in [4.78, 5) is 39.5. The smallest absolute Gasteiger partial charge is 0.270 e. The van der Waals surface area contributed by atoms with Gasteiger partial charge >= 0.3 is 0 Å². The van der Waals surface area contributed by atoms with Crippen molar-refractivity contribution in [2.45, 2.75) is 33.2 Å². The first-order valence-corrected chi connectivity index (χ1v) is 11.8. The van der Waals surface area contributed by atoms with E-state index in [1.54, 1.807) is 32.2 Å². The van der Waals surface area contributed by atoms with Crippen LogP contribution in [-0.2, 0) is 16.1 Å². The molecule has 0 atom stereocenters. The molecule has 0 bridgehead atoms. The molecule has 0 unspecified atom stereocenters. The fourth-order valence-electron chi connectivity index (χ4n) is 3.62. The number of carbonyl (C=O) groups is 2.